The maximum absolute atomic E-state index is 11.6. The van der Waals surface area contributed by atoms with E-state index >= 15 is 0 Å². The van der Waals surface area contributed by atoms with Crippen molar-refractivity contribution < 1.29 is 14.6 Å². The quantitative estimate of drug-likeness (QED) is 0.913. The summed E-state index contributed by atoms with van der Waals surface area (Å²) in [4.78, 5) is 22.9. The standard InChI is InChI=1S/C14H13NO4/c1-9-5-3-4-6-10(9)15-8-13(19-2)12(16)7-11(15)14(17)18/h3-8H,1-2H3,(H,17,18). The Kier molecular flexibility index (Phi) is 3.37. The Bertz CT molecular complexity index is 688. The molecule has 0 radical (unpaired) electrons. The van der Waals surface area contributed by atoms with Crippen molar-refractivity contribution >= 4 is 5.97 Å². The van der Waals surface area contributed by atoms with Gasteiger partial charge in [-0.25, -0.2) is 4.79 Å². The van der Waals surface area contributed by atoms with Gasteiger partial charge < -0.3 is 14.4 Å². The van der Waals surface area contributed by atoms with E-state index < -0.39 is 11.4 Å². The van der Waals surface area contributed by atoms with Crippen molar-refractivity contribution in [3.8, 4) is 11.4 Å². The molecule has 0 saturated heterocycles. The summed E-state index contributed by atoms with van der Waals surface area (Å²) >= 11 is 0. The van der Waals surface area contributed by atoms with Gasteiger partial charge in [0.05, 0.1) is 13.3 Å². The highest BCUT2D eigenvalue weighted by Crippen LogP contribution is 2.18. The van der Waals surface area contributed by atoms with Gasteiger partial charge in [0.25, 0.3) is 0 Å². The van der Waals surface area contributed by atoms with Crippen LogP contribution in [0.4, 0.5) is 0 Å². The fraction of sp³-hybridized carbons (Fsp3) is 0.143. The molecule has 0 amide bonds. The lowest BCUT2D eigenvalue weighted by molar-refractivity contribution is 0.0687. The fourth-order valence-electron chi connectivity index (χ4n) is 1.87. The number of aryl methyl sites for hydroxylation is 1. The number of hydrogen-bond donors (Lipinski definition) is 1. The number of carbonyl (C=O) groups is 1. The second-order valence-electron chi connectivity index (χ2n) is 4.05. The van der Waals surface area contributed by atoms with Crippen LogP contribution in [0.15, 0.2) is 41.3 Å². The van der Waals surface area contributed by atoms with E-state index in [-0.39, 0.29) is 11.4 Å². The summed E-state index contributed by atoms with van der Waals surface area (Å²) in [5, 5.41) is 9.21. The second-order valence-corrected chi connectivity index (χ2v) is 4.05. The summed E-state index contributed by atoms with van der Waals surface area (Å²) in [6.07, 6.45) is 1.40. The first-order valence-electron chi connectivity index (χ1n) is 5.64. The lowest BCUT2D eigenvalue weighted by atomic mass is 10.2. The second kappa shape index (κ2) is 4.97. The van der Waals surface area contributed by atoms with Crippen LogP contribution in [0, 0.1) is 6.92 Å². The molecule has 0 aliphatic heterocycles. The van der Waals surface area contributed by atoms with Crippen LogP contribution in [-0.2, 0) is 0 Å². The molecular weight excluding hydrogens is 246 g/mol. The summed E-state index contributed by atoms with van der Waals surface area (Å²) in [6.45, 7) is 1.87. The Balaban J connectivity index is 2.78. The van der Waals surface area contributed by atoms with E-state index in [9.17, 15) is 14.7 Å². The predicted octanol–water partition coefficient (Wildman–Crippen LogP) is 1.85. The number of para-hydroxylation sites is 1. The third-order valence-electron chi connectivity index (χ3n) is 2.83. The molecule has 5 heteroatoms. The van der Waals surface area contributed by atoms with Gasteiger partial charge in [0, 0.05) is 11.8 Å². The third-order valence-corrected chi connectivity index (χ3v) is 2.83. The first kappa shape index (κ1) is 12.9. The van der Waals surface area contributed by atoms with Gasteiger partial charge in [-0.05, 0) is 18.6 Å². The molecule has 0 aliphatic carbocycles. The average molecular weight is 259 g/mol. The van der Waals surface area contributed by atoms with Crippen LogP contribution in [0.25, 0.3) is 5.69 Å². The Hall–Kier alpha value is -2.56. The molecule has 0 saturated carbocycles. The molecule has 0 atom stereocenters. The fourth-order valence-corrected chi connectivity index (χ4v) is 1.87. The zero-order chi connectivity index (χ0) is 14.0. The number of rotatable bonds is 3. The molecule has 1 heterocycles. The first-order valence-corrected chi connectivity index (χ1v) is 5.64. The molecule has 98 valence electrons. The zero-order valence-corrected chi connectivity index (χ0v) is 10.6. The maximum Gasteiger partial charge on any atom is 0.353 e. The van der Waals surface area contributed by atoms with Crippen molar-refractivity contribution in [1.82, 2.24) is 4.57 Å². The number of pyridine rings is 1. The summed E-state index contributed by atoms with van der Waals surface area (Å²) in [5.74, 6) is -1.06. The van der Waals surface area contributed by atoms with E-state index in [2.05, 4.69) is 0 Å². The van der Waals surface area contributed by atoms with Gasteiger partial charge in [-0.15, -0.1) is 0 Å². The molecule has 5 nitrogen and oxygen atoms in total. The maximum atomic E-state index is 11.6. The van der Waals surface area contributed by atoms with Crippen LogP contribution in [0.2, 0.25) is 0 Å². The van der Waals surface area contributed by atoms with Crippen molar-refractivity contribution in [2.45, 2.75) is 6.92 Å². The summed E-state index contributed by atoms with van der Waals surface area (Å²) in [7, 11) is 1.37. The molecule has 0 spiro atoms. The minimum absolute atomic E-state index is 0.0971. The van der Waals surface area contributed by atoms with Crippen LogP contribution in [0.1, 0.15) is 16.1 Å². The van der Waals surface area contributed by atoms with Gasteiger partial charge in [0.15, 0.2) is 5.75 Å². The van der Waals surface area contributed by atoms with E-state index in [1.165, 1.54) is 17.9 Å². The summed E-state index contributed by atoms with van der Waals surface area (Å²) in [5.41, 5.74) is 1.04. The normalized spacial score (nSPS) is 10.2. The van der Waals surface area contributed by atoms with E-state index in [1.54, 1.807) is 12.1 Å². The zero-order valence-electron chi connectivity index (χ0n) is 10.6. The summed E-state index contributed by atoms with van der Waals surface area (Å²) < 4.78 is 6.40. The van der Waals surface area contributed by atoms with Crippen LogP contribution < -0.4 is 10.2 Å². The largest absolute Gasteiger partial charge is 0.491 e. The lowest BCUT2D eigenvalue weighted by Crippen LogP contribution is -2.17. The SMILES string of the molecule is COc1cn(-c2ccccc2C)c(C(=O)O)cc1=O. The first-order chi connectivity index (χ1) is 9.04. The highest BCUT2D eigenvalue weighted by Gasteiger charge is 2.15. The van der Waals surface area contributed by atoms with Crippen LogP contribution in [0.3, 0.4) is 0 Å². The number of aromatic nitrogens is 1. The number of methoxy groups -OCH3 is 1. The number of carboxylic acids is 1. The van der Waals surface area contributed by atoms with E-state index in [0.717, 1.165) is 11.6 Å². The molecule has 0 fully saturated rings. The van der Waals surface area contributed by atoms with Crippen molar-refractivity contribution in [3.05, 3.63) is 58.0 Å². The van der Waals surface area contributed by atoms with Crippen molar-refractivity contribution in [1.29, 1.82) is 0 Å². The highest BCUT2D eigenvalue weighted by atomic mass is 16.5. The van der Waals surface area contributed by atoms with E-state index in [4.69, 9.17) is 4.74 Å². The molecule has 2 rings (SSSR count). The highest BCUT2D eigenvalue weighted by molar-refractivity contribution is 5.86. The molecule has 1 aromatic carbocycles. The molecule has 0 bridgehead atoms. The Labute approximate surface area is 109 Å². The molecule has 1 N–H and O–H groups in total. The average Bonchev–Trinajstić information content (AvgIpc) is 2.39. The number of carboxylic acid groups (broad SMARTS) is 1. The van der Waals surface area contributed by atoms with Gasteiger partial charge >= 0.3 is 5.97 Å². The predicted molar refractivity (Wildman–Crippen MR) is 70.3 cm³/mol. The molecule has 1 aromatic heterocycles. The van der Waals surface area contributed by atoms with Gasteiger partial charge in [-0.1, -0.05) is 18.2 Å². The smallest absolute Gasteiger partial charge is 0.353 e. The minimum atomic E-state index is -1.16. The van der Waals surface area contributed by atoms with Gasteiger partial charge in [-0.2, -0.15) is 0 Å². The number of aromatic carboxylic acids is 1. The van der Waals surface area contributed by atoms with Gasteiger partial charge in [0.1, 0.15) is 5.69 Å². The van der Waals surface area contributed by atoms with Crippen LogP contribution >= 0.6 is 0 Å². The molecule has 2 aromatic rings. The molecular formula is C14H13NO4. The number of nitrogens with zero attached hydrogens (tertiary/aromatic N) is 1. The van der Waals surface area contributed by atoms with E-state index in [1.807, 2.05) is 19.1 Å². The number of benzene rings is 1. The van der Waals surface area contributed by atoms with Crippen molar-refractivity contribution in [3.63, 3.8) is 0 Å². The lowest BCUT2D eigenvalue weighted by Gasteiger charge is -2.14. The molecule has 0 unspecified atom stereocenters. The van der Waals surface area contributed by atoms with Crippen molar-refractivity contribution in [2.75, 3.05) is 7.11 Å². The Morgan fingerprint density at radius 2 is 2.00 bits per heavy atom. The summed E-state index contributed by atoms with van der Waals surface area (Å²) in [6, 6.07) is 8.38. The van der Waals surface area contributed by atoms with Gasteiger partial charge in [-0.3, -0.25) is 4.79 Å². The van der Waals surface area contributed by atoms with Crippen LogP contribution in [-0.4, -0.2) is 22.8 Å². The minimum Gasteiger partial charge on any atom is -0.491 e. The monoisotopic (exact) mass is 259 g/mol. The van der Waals surface area contributed by atoms with Crippen LogP contribution in [0.5, 0.6) is 5.75 Å². The Morgan fingerprint density at radius 1 is 1.32 bits per heavy atom. The van der Waals surface area contributed by atoms with Gasteiger partial charge in [0.2, 0.25) is 5.43 Å². The van der Waals surface area contributed by atoms with Crippen molar-refractivity contribution in [2.24, 2.45) is 0 Å². The number of ether oxygens (including phenoxy) is 1. The molecule has 19 heavy (non-hydrogen) atoms. The topological polar surface area (TPSA) is 68.5 Å². The van der Waals surface area contributed by atoms with E-state index in [0.29, 0.717) is 5.69 Å². The number of hydrogen-bond acceptors (Lipinski definition) is 3. The molecule has 0 aliphatic rings. The Morgan fingerprint density at radius 3 is 2.58 bits per heavy atom. The third kappa shape index (κ3) is 2.35.